The second-order valence-corrected chi connectivity index (χ2v) is 7.36. The number of benzene rings is 1. The predicted octanol–water partition coefficient (Wildman–Crippen LogP) is 4.42. The van der Waals surface area contributed by atoms with Gasteiger partial charge in [0.15, 0.2) is 0 Å². The third-order valence-electron chi connectivity index (χ3n) is 5.07. The van der Waals surface area contributed by atoms with Gasteiger partial charge in [0, 0.05) is 12.2 Å². The fraction of sp³-hybridized carbons (Fsp3) is 0.333. The fourth-order valence-corrected chi connectivity index (χ4v) is 3.49. The van der Waals surface area contributed by atoms with Crippen molar-refractivity contribution >= 4 is 35.0 Å². The number of rotatable bonds is 7. The number of carbonyl (C=O) groups is 2. The molecule has 0 bridgehead atoms. The van der Waals surface area contributed by atoms with E-state index in [9.17, 15) is 27.9 Å². The summed E-state index contributed by atoms with van der Waals surface area (Å²) in [5, 5.41) is 17.3. The van der Waals surface area contributed by atoms with E-state index in [1.54, 1.807) is 12.1 Å². The van der Waals surface area contributed by atoms with Crippen LogP contribution < -0.4 is 16.0 Å². The number of para-hydroxylation sites is 2. The van der Waals surface area contributed by atoms with Crippen LogP contribution in [-0.2, 0) is 15.8 Å². The molecule has 2 unspecified atom stereocenters. The third-order valence-corrected chi connectivity index (χ3v) is 5.07. The highest BCUT2D eigenvalue weighted by Gasteiger charge is 2.36. The molecular formula is C21H22F3N5O3. The molecule has 1 amide bonds. The number of carboxylic acids is 1. The molecule has 1 aromatic carbocycles. The van der Waals surface area contributed by atoms with Gasteiger partial charge in [-0.15, -0.1) is 0 Å². The summed E-state index contributed by atoms with van der Waals surface area (Å²) < 4.78 is 40.7. The number of hydrogen-bond acceptors (Lipinski definition) is 6. The maximum atomic E-state index is 13.6. The van der Waals surface area contributed by atoms with Crippen LogP contribution in [0.3, 0.4) is 0 Å². The number of amides is 1. The first-order valence-corrected chi connectivity index (χ1v) is 9.90. The van der Waals surface area contributed by atoms with Crippen LogP contribution in [0.15, 0.2) is 43.1 Å². The van der Waals surface area contributed by atoms with Crippen LogP contribution in [0.1, 0.15) is 31.2 Å². The number of halogens is 3. The number of hydrogen-bond donors (Lipinski definition) is 4. The number of nitrogens with zero attached hydrogens (tertiary/aromatic N) is 2. The minimum absolute atomic E-state index is 0.0517. The predicted molar refractivity (Wildman–Crippen MR) is 113 cm³/mol. The summed E-state index contributed by atoms with van der Waals surface area (Å²) in [6, 6.07) is 5.95. The van der Waals surface area contributed by atoms with Crippen molar-refractivity contribution in [2.24, 2.45) is 5.92 Å². The lowest BCUT2D eigenvalue weighted by Crippen LogP contribution is -2.31. The second-order valence-electron chi connectivity index (χ2n) is 7.36. The standard InChI is InChI=1S/C21H22F3N5O3/c1-2-17(30)27-15-8-3-4-9-16(15)28-18-14(21(22,23)24)11-25-20(29-18)26-13-7-5-6-12(10-13)19(31)32/h2-4,8-9,11-13H,1,5-7,10H2,(H,27,30)(H,31,32)(H2,25,26,28,29). The highest BCUT2D eigenvalue weighted by Crippen LogP contribution is 2.36. The molecule has 1 saturated carbocycles. The van der Waals surface area contributed by atoms with Gasteiger partial charge in [0.05, 0.1) is 17.3 Å². The van der Waals surface area contributed by atoms with Crippen molar-refractivity contribution in [1.29, 1.82) is 0 Å². The summed E-state index contributed by atoms with van der Waals surface area (Å²) in [5.41, 5.74) is -0.642. The Labute approximate surface area is 182 Å². The van der Waals surface area contributed by atoms with Gasteiger partial charge in [0.1, 0.15) is 11.4 Å². The molecule has 1 aliphatic rings. The number of anilines is 4. The Kier molecular flexibility index (Phi) is 6.96. The van der Waals surface area contributed by atoms with E-state index >= 15 is 0 Å². The molecule has 32 heavy (non-hydrogen) atoms. The molecule has 1 aromatic heterocycles. The minimum atomic E-state index is -4.72. The largest absolute Gasteiger partial charge is 0.481 e. The molecular weight excluding hydrogens is 427 g/mol. The molecule has 11 heteroatoms. The van der Waals surface area contributed by atoms with E-state index in [1.807, 2.05) is 0 Å². The van der Waals surface area contributed by atoms with Crippen LogP contribution in [0.4, 0.5) is 36.3 Å². The van der Waals surface area contributed by atoms with Crippen molar-refractivity contribution in [3.63, 3.8) is 0 Å². The molecule has 1 fully saturated rings. The van der Waals surface area contributed by atoms with Crippen LogP contribution in [0.2, 0.25) is 0 Å². The summed E-state index contributed by atoms with van der Waals surface area (Å²) in [4.78, 5) is 30.7. The average Bonchev–Trinajstić information content (AvgIpc) is 2.74. The van der Waals surface area contributed by atoms with Crippen molar-refractivity contribution in [3.05, 3.63) is 48.7 Å². The van der Waals surface area contributed by atoms with Crippen molar-refractivity contribution in [2.45, 2.75) is 37.9 Å². The lowest BCUT2D eigenvalue weighted by atomic mass is 9.86. The zero-order valence-electron chi connectivity index (χ0n) is 16.9. The Morgan fingerprint density at radius 2 is 1.91 bits per heavy atom. The van der Waals surface area contributed by atoms with Gasteiger partial charge < -0.3 is 21.1 Å². The lowest BCUT2D eigenvalue weighted by Gasteiger charge is -2.27. The first kappa shape index (κ1) is 23.0. The molecule has 170 valence electrons. The highest BCUT2D eigenvalue weighted by molar-refractivity contribution is 6.01. The van der Waals surface area contributed by atoms with Crippen molar-refractivity contribution in [1.82, 2.24) is 9.97 Å². The fourth-order valence-electron chi connectivity index (χ4n) is 3.49. The molecule has 0 aliphatic heterocycles. The molecule has 4 N–H and O–H groups in total. The SMILES string of the molecule is C=CC(=O)Nc1ccccc1Nc1nc(NC2CCCC(C(=O)O)C2)ncc1C(F)(F)F. The number of aromatic nitrogens is 2. The minimum Gasteiger partial charge on any atom is -0.481 e. The van der Waals surface area contributed by atoms with Crippen LogP contribution in [-0.4, -0.2) is 33.0 Å². The lowest BCUT2D eigenvalue weighted by molar-refractivity contribution is -0.143. The number of nitrogens with one attached hydrogen (secondary N) is 3. The Morgan fingerprint density at radius 1 is 1.19 bits per heavy atom. The molecule has 1 aliphatic carbocycles. The maximum Gasteiger partial charge on any atom is 0.421 e. The summed E-state index contributed by atoms with van der Waals surface area (Å²) in [7, 11) is 0. The topological polar surface area (TPSA) is 116 Å². The molecule has 0 spiro atoms. The van der Waals surface area contributed by atoms with Gasteiger partial charge in [-0.1, -0.05) is 25.1 Å². The summed E-state index contributed by atoms with van der Waals surface area (Å²) in [5.74, 6) is -2.49. The second kappa shape index (κ2) is 9.67. The van der Waals surface area contributed by atoms with E-state index in [-0.39, 0.29) is 23.4 Å². The molecule has 3 rings (SSSR count). The Morgan fingerprint density at radius 3 is 2.56 bits per heavy atom. The van der Waals surface area contributed by atoms with E-state index < -0.39 is 35.4 Å². The molecule has 0 saturated heterocycles. The molecule has 2 aromatic rings. The zero-order valence-corrected chi connectivity index (χ0v) is 16.9. The van der Waals surface area contributed by atoms with E-state index in [1.165, 1.54) is 12.1 Å². The first-order valence-electron chi connectivity index (χ1n) is 9.90. The van der Waals surface area contributed by atoms with E-state index in [2.05, 4.69) is 32.5 Å². The Bertz CT molecular complexity index is 1010. The van der Waals surface area contributed by atoms with E-state index in [0.717, 1.165) is 6.08 Å². The molecule has 0 radical (unpaired) electrons. The maximum absolute atomic E-state index is 13.6. The molecule has 1 heterocycles. The van der Waals surface area contributed by atoms with Crippen LogP contribution in [0, 0.1) is 5.92 Å². The van der Waals surface area contributed by atoms with Gasteiger partial charge >= 0.3 is 12.1 Å². The van der Waals surface area contributed by atoms with Gasteiger partial charge in [-0.05, 0) is 37.5 Å². The average molecular weight is 449 g/mol. The van der Waals surface area contributed by atoms with E-state index in [0.29, 0.717) is 31.9 Å². The smallest absolute Gasteiger partial charge is 0.421 e. The summed E-state index contributed by atoms with van der Waals surface area (Å²) in [6.45, 7) is 3.35. The van der Waals surface area contributed by atoms with Crippen molar-refractivity contribution < 1.29 is 27.9 Å². The zero-order chi connectivity index (χ0) is 23.3. The van der Waals surface area contributed by atoms with Gasteiger partial charge in [-0.2, -0.15) is 18.2 Å². The summed E-state index contributed by atoms with van der Waals surface area (Å²) in [6.07, 6.45) is -0.789. The van der Waals surface area contributed by atoms with Crippen LogP contribution in [0.5, 0.6) is 0 Å². The Hall–Kier alpha value is -3.63. The van der Waals surface area contributed by atoms with Crippen LogP contribution in [0.25, 0.3) is 0 Å². The van der Waals surface area contributed by atoms with Gasteiger partial charge in [0.25, 0.3) is 0 Å². The van der Waals surface area contributed by atoms with Gasteiger partial charge in [0.2, 0.25) is 11.9 Å². The number of aliphatic carboxylic acids is 1. The van der Waals surface area contributed by atoms with Crippen LogP contribution >= 0.6 is 0 Å². The van der Waals surface area contributed by atoms with Gasteiger partial charge in [-0.25, -0.2) is 4.98 Å². The normalized spacial score (nSPS) is 18.5. The van der Waals surface area contributed by atoms with Crippen molar-refractivity contribution in [2.75, 3.05) is 16.0 Å². The summed E-state index contributed by atoms with van der Waals surface area (Å²) >= 11 is 0. The molecule has 2 atom stereocenters. The number of alkyl halides is 3. The molecule has 8 nitrogen and oxygen atoms in total. The number of carboxylic acid groups (broad SMARTS) is 1. The number of carbonyl (C=O) groups excluding carboxylic acids is 1. The highest BCUT2D eigenvalue weighted by atomic mass is 19.4. The third kappa shape index (κ3) is 5.74. The quantitative estimate of drug-likeness (QED) is 0.463. The van der Waals surface area contributed by atoms with E-state index in [4.69, 9.17) is 0 Å². The Balaban J connectivity index is 1.89. The van der Waals surface area contributed by atoms with Gasteiger partial charge in [-0.3, -0.25) is 9.59 Å². The first-order chi connectivity index (χ1) is 15.2. The monoisotopic (exact) mass is 449 g/mol. The van der Waals surface area contributed by atoms with Crippen molar-refractivity contribution in [3.8, 4) is 0 Å².